The van der Waals surface area contributed by atoms with E-state index in [1.165, 1.54) is 0 Å². The molecule has 1 aromatic carbocycles. The van der Waals surface area contributed by atoms with Crippen molar-refractivity contribution in [2.75, 3.05) is 13.1 Å². The second-order valence-corrected chi connectivity index (χ2v) is 5.71. The minimum atomic E-state index is -0.724. The van der Waals surface area contributed by atoms with Gasteiger partial charge < -0.3 is 10.4 Å². The average molecular weight is 335 g/mol. The number of benzene rings is 1. The molecule has 1 unspecified atom stereocenters. The van der Waals surface area contributed by atoms with Crippen molar-refractivity contribution in [2.45, 2.75) is 18.4 Å². The first-order valence-corrected chi connectivity index (χ1v) is 6.59. The number of aliphatic hydroxyl groups is 1. The van der Waals surface area contributed by atoms with Crippen LogP contribution in [0.3, 0.4) is 0 Å². The third-order valence-electron chi connectivity index (χ3n) is 2.79. The van der Waals surface area contributed by atoms with E-state index in [9.17, 15) is 5.11 Å². The highest BCUT2D eigenvalue weighted by Crippen LogP contribution is 2.34. The Bertz CT molecular complexity index is 362. The van der Waals surface area contributed by atoms with Crippen molar-refractivity contribution in [1.29, 1.82) is 0 Å². The van der Waals surface area contributed by atoms with Gasteiger partial charge in [-0.15, -0.1) is 0 Å². The van der Waals surface area contributed by atoms with E-state index < -0.39 is 5.60 Å². The monoisotopic (exact) mass is 333 g/mol. The maximum Gasteiger partial charge on any atom is 0.103 e. The van der Waals surface area contributed by atoms with Crippen LogP contribution >= 0.6 is 31.9 Å². The molecule has 82 valence electrons. The third-order valence-corrected chi connectivity index (χ3v) is 3.94. The van der Waals surface area contributed by atoms with Crippen molar-refractivity contribution in [1.82, 2.24) is 5.32 Å². The summed E-state index contributed by atoms with van der Waals surface area (Å²) in [6.45, 7) is 1.63. The molecule has 0 aliphatic carbocycles. The van der Waals surface area contributed by atoms with Crippen molar-refractivity contribution >= 4 is 31.9 Å². The average Bonchev–Trinajstić information content (AvgIpc) is 2.18. The molecule has 1 fully saturated rings. The molecule has 0 amide bonds. The molecule has 0 bridgehead atoms. The Morgan fingerprint density at radius 2 is 2.13 bits per heavy atom. The van der Waals surface area contributed by atoms with E-state index in [2.05, 4.69) is 37.2 Å². The Morgan fingerprint density at radius 1 is 1.33 bits per heavy atom. The van der Waals surface area contributed by atoms with Crippen LogP contribution in [-0.2, 0) is 5.60 Å². The largest absolute Gasteiger partial charge is 0.384 e. The van der Waals surface area contributed by atoms with E-state index in [-0.39, 0.29) is 0 Å². The smallest absolute Gasteiger partial charge is 0.103 e. The lowest BCUT2D eigenvalue weighted by molar-refractivity contribution is 0.0116. The van der Waals surface area contributed by atoms with Crippen molar-refractivity contribution in [2.24, 2.45) is 0 Å². The topological polar surface area (TPSA) is 32.3 Å². The molecule has 15 heavy (non-hydrogen) atoms. The summed E-state index contributed by atoms with van der Waals surface area (Å²) in [5.74, 6) is 0. The Morgan fingerprint density at radius 3 is 2.73 bits per heavy atom. The van der Waals surface area contributed by atoms with Crippen LogP contribution in [-0.4, -0.2) is 18.2 Å². The van der Waals surface area contributed by atoms with Crippen molar-refractivity contribution in [3.63, 3.8) is 0 Å². The molecule has 2 nitrogen and oxygen atoms in total. The van der Waals surface area contributed by atoms with Gasteiger partial charge in [-0.2, -0.15) is 0 Å². The summed E-state index contributed by atoms with van der Waals surface area (Å²) < 4.78 is 1.98. The lowest BCUT2D eigenvalue weighted by atomic mass is 9.87. The van der Waals surface area contributed by atoms with Crippen LogP contribution in [0.4, 0.5) is 0 Å². The molecule has 1 aromatic rings. The summed E-state index contributed by atoms with van der Waals surface area (Å²) in [5, 5.41) is 13.7. The van der Waals surface area contributed by atoms with E-state index in [0.717, 1.165) is 33.9 Å². The standard InChI is InChI=1S/C11H13Br2NO/c12-8-2-3-9(10(13)6-8)11(15)4-1-5-14-7-11/h2-3,6,14-15H,1,4-5,7H2. The van der Waals surface area contributed by atoms with Gasteiger partial charge in [-0.05, 0) is 37.1 Å². The molecule has 2 N–H and O–H groups in total. The predicted molar refractivity (Wildman–Crippen MR) is 67.8 cm³/mol. The zero-order valence-corrected chi connectivity index (χ0v) is 11.4. The van der Waals surface area contributed by atoms with Gasteiger partial charge in [0.05, 0.1) is 0 Å². The van der Waals surface area contributed by atoms with Gasteiger partial charge in [0.25, 0.3) is 0 Å². The number of β-amino-alcohol motifs (C(OH)–C–C–N with tert-alkyl or cyclic N) is 1. The molecule has 2 rings (SSSR count). The van der Waals surface area contributed by atoms with Crippen LogP contribution in [0.5, 0.6) is 0 Å². The van der Waals surface area contributed by atoms with Gasteiger partial charge in [0.2, 0.25) is 0 Å². The zero-order valence-electron chi connectivity index (χ0n) is 8.26. The first-order chi connectivity index (χ1) is 7.12. The number of rotatable bonds is 1. The molecule has 0 radical (unpaired) electrons. The zero-order chi connectivity index (χ0) is 10.9. The Kier molecular flexibility index (Phi) is 3.50. The van der Waals surface area contributed by atoms with E-state index in [4.69, 9.17) is 0 Å². The van der Waals surface area contributed by atoms with Gasteiger partial charge in [0.1, 0.15) is 5.60 Å². The molecule has 0 aromatic heterocycles. The number of hydrogen-bond acceptors (Lipinski definition) is 2. The van der Waals surface area contributed by atoms with Crippen molar-refractivity contribution in [3.8, 4) is 0 Å². The van der Waals surface area contributed by atoms with Crippen LogP contribution < -0.4 is 5.32 Å². The van der Waals surface area contributed by atoms with Crippen LogP contribution in [0, 0.1) is 0 Å². The Balaban J connectivity index is 2.35. The van der Waals surface area contributed by atoms with Crippen molar-refractivity contribution < 1.29 is 5.11 Å². The lowest BCUT2D eigenvalue weighted by Crippen LogP contribution is -2.43. The van der Waals surface area contributed by atoms with Crippen LogP contribution in [0.2, 0.25) is 0 Å². The third kappa shape index (κ3) is 2.44. The molecule has 4 heteroatoms. The first kappa shape index (κ1) is 11.6. The molecule has 1 aliphatic heterocycles. The molecule has 1 saturated heterocycles. The quantitative estimate of drug-likeness (QED) is 0.827. The molecule has 1 atom stereocenters. The highest BCUT2D eigenvalue weighted by atomic mass is 79.9. The highest BCUT2D eigenvalue weighted by molar-refractivity contribution is 9.11. The van der Waals surface area contributed by atoms with Crippen LogP contribution in [0.15, 0.2) is 27.1 Å². The molecule has 0 spiro atoms. The summed E-state index contributed by atoms with van der Waals surface area (Å²) in [5.41, 5.74) is 0.246. The minimum Gasteiger partial charge on any atom is -0.384 e. The van der Waals surface area contributed by atoms with Crippen LogP contribution in [0.25, 0.3) is 0 Å². The fourth-order valence-corrected chi connectivity index (χ4v) is 3.40. The van der Waals surface area contributed by atoms with Gasteiger partial charge in [-0.1, -0.05) is 37.9 Å². The van der Waals surface area contributed by atoms with Gasteiger partial charge in [0, 0.05) is 15.5 Å². The minimum absolute atomic E-state index is 0.632. The molecular formula is C11H13Br2NO. The number of piperidine rings is 1. The van der Waals surface area contributed by atoms with E-state index in [1.54, 1.807) is 0 Å². The molecular weight excluding hydrogens is 322 g/mol. The lowest BCUT2D eigenvalue weighted by Gasteiger charge is -2.33. The predicted octanol–water partition coefficient (Wildman–Crippen LogP) is 2.78. The SMILES string of the molecule is OC1(c2ccc(Br)cc2Br)CCCNC1. The molecule has 0 saturated carbocycles. The van der Waals surface area contributed by atoms with Gasteiger partial charge in [-0.25, -0.2) is 0 Å². The van der Waals surface area contributed by atoms with Gasteiger partial charge in [-0.3, -0.25) is 0 Å². The summed E-state index contributed by atoms with van der Waals surface area (Å²) in [7, 11) is 0. The normalized spacial score (nSPS) is 26.6. The second kappa shape index (κ2) is 4.53. The molecule has 1 heterocycles. The maximum atomic E-state index is 10.5. The fraction of sp³-hybridized carbons (Fsp3) is 0.455. The van der Waals surface area contributed by atoms with E-state index in [1.807, 2.05) is 18.2 Å². The molecule has 1 aliphatic rings. The Labute approximate surface area is 106 Å². The van der Waals surface area contributed by atoms with Crippen LogP contribution in [0.1, 0.15) is 18.4 Å². The summed E-state index contributed by atoms with van der Waals surface area (Å²) in [6.07, 6.45) is 1.83. The Hall–Kier alpha value is 0.1000. The second-order valence-electron chi connectivity index (χ2n) is 3.94. The van der Waals surface area contributed by atoms with Crippen molar-refractivity contribution in [3.05, 3.63) is 32.7 Å². The highest BCUT2D eigenvalue weighted by Gasteiger charge is 2.32. The van der Waals surface area contributed by atoms with E-state index in [0.29, 0.717) is 6.54 Å². The number of halogens is 2. The maximum absolute atomic E-state index is 10.5. The summed E-state index contributed by atoms with van der Waals surface area (Å²) in [6, 6.07) is 5.91. The first-order valence-electron chi connectivity index (χ1n) is 5.00. The number of hydrogen-bond donors (Lipinski definition) is 2. The van der Waals surface area contributed by atoms with E-state index >= 15 is 0 Å². The van der Waals surface area contributed by atoms with Gasteiger partial charge in [0.15, 0.2) is 0 Å². The summed E-state index contributed by atoms with van der Waals surface area (Å²) in [4.78, 5) is 0. The number of nitrogens with one attached hydrogen (secondary N) is 1. The summed E-state index contributed by atoms with van der Waals surface area (Å²) >= 11 is 6.91. The van der Waals surface area contributed by atoms with Gasteiger partial charge >= 0.3 is 0 Å². The fourth-order valence-electron chi connectivity index (χ4n) is 1.99.